The first-order valence-corrected chi connectivity index (χ1v) is 12.0. The van der Waals surface area contributed by atoms with Gasteiger partial charge in [-0.1, -0.05) is 13.0 Å². The Hall–Kier alpha value is -2.27. The number of rotatable bonds is 8. The van der Waals surface area contributed by atoms with E-state index in [2.05, 4.69) is 27.9 Å². The van der Waals surface area contributed by atoms with Gasteiger partial charge in [0.05, 0.1) is 18.4 Å². The van der Waals surface area contributed by atoms with E-state index in [0.717, 1.165) is 27.3 Å². The summed E-state index contributed by atoms with van der Waals surface area (Å²) in [6.45, 7) is 4.29. The molecule has 4 rings (SSSR count). The summed E-state index contributed by atoms with van der Waals surface area (Å²) in [7, 11) is 0. The van der Waals surface area contributed by atoms with Crippen LogP contribution in [0.2, 0.25) is 0 Å². The quantitative estimate of drug-likeness (QED) is 0.528. The molecule has 1 atom stereocenters. The number of carbonyl (C=O) groups excluding carboxylic acids is 1. The van der Waals surface area contributed by atoms with Crippen molar-refractivity contribution < 1.29 is 19.7 Å². The predicted octanol–water partition coefficient (Wildman–Crippen LogP) is 1.94. The van der Waals surface area contributed by atoms with Crippen LogP contribution in [-0.4, -0.2) is 76.5 Å². The Labute approximate surface area is 188 Å². The molecule has 4 heterocycles. The topological polar surface area (TPSA) is 99.0 Å². The lowest BCUT2D eigenvalue weighted by Crippen LogP contribution is -2.49. The molecule has 1 aliphatic heterocycles. The zero-order valence-corrected chi connectivity index (χ0v) is 19.0. The number of ether oxygens (including phenoxy) is 1. The number of piperazine rings is 1. The zero-order valence-electron chi connectivity index (χ0n) is 17.4. The van der Waals surface area contributed by atoms with Crippen LogP contribution in [0.4, 0.5) is 5.82 Å². The van der Waals surface area contributed by atoms with E-state index in [9.17, 15) is 9.90 Å². The first-order valence-electron chi connectivity index (χ1n) is 10.3. The number of thiophene rings is 2. The van der Waals surface area contributed by atoms with Crippen LogP contribution < -0.4 is 9.64 Å². The van der Waals surface area contributed by atoms with Crippen LogP contribution in [0.1, 0.15) is 16.7 Å². The number of aromatic nitrogens is 2. The fraction of sp³-hybridized carbons (Fsp3) is 0.476. The average Bonchev–Trinajstić information content (AvgIpc) is 3.46. The smallest absolute Gasteiger partial charge is 0.319 e. The monoisotopic (exact) mass is 462 g/mol. The molecular formula is C21H26N4O4S2. The summed E-state index contributed by atoms with van der Waals surface area (Å²) in [5.41, 5.74) is 0. The average molecular weight is 463 g/mol. The molecule has 0 unspecified atom stereocenters. The van der Waals surface area contributed by atoms with Crippen molar-refractivity contribution in [2.45, 2.75) is 25.9 Å². The van der Waals surface area contributed by atoms with Gasteiger partial charge in [0.1, 0.15) is 23.4 Å². The molecule has 2 N–H and O–H groups in total. The summed E-state index contributed by atoms with van der Waals surface area (Å²) < 4.78 is 5.54. The highest BCUT2D eigenvalue weighted by atomic mass is 32.1. The van der Waals surface area contributed by atoms with Crippen LogP contribution in [-0.2, 0) is 17.6 Å². The Kier molecular flexibility index (Phi) is 7.01. The molecule has 3 aromatic rings. The number of hydrogen-bond donors (Lipinski definition) is 2. The third-order valence-corrected chi connectivity index (χ3v) is 7.25. The molecule has 1 amide bonds. The summed E-state index contributed by atoms with van der Waals surface area (Å²) >= 11 is 3.21. The molecule has 3 aromatic heterocycles. The van der Waals surface area contributed by atoms with Crippen molar-refractivity contribution in [2.24, 2.45) is 0 Å². The first-order chi connectivity index (χ1) is 15.1. The molecule has 31 heavy (non-hydrogen) atoms. The lowest BCUT2D eigenvalue weighted by atomic mass is 10.2. The summed E-state index contributed by atoms with van der Waals surface area (Å²) in [4.78, 5) is 28.9. The van der Waals surface area contributed by atoms with Gasteiger partial charge in [-0.2, -0.15) is 9.97 Å². The maximum absolute atomic E-state index is 12.6. The van der Waals surface area contributed by atoms with E-state index in [4.69, 9.17) is 9.84 Å². The minimum absolute atomic E-state index is 0.0710. The maximum atomic E-state index is 12.6. The first kappa shape index (κ1) is 21.9. The Balaban J connectivity index is 1.50. The molecule has 0 radical (unpaired) electrons. The van der Waals surface area contributed by atoms with Crippen molar-refractivity contribution in [3.8, 4) is 6.01 Å². The molecule has 1 aliphatic rings. The molecule has 166 valence electrons. The minimum atomic E-state index is -0.977. The second kappa shape index (κ2) is 9.90. The van der Waals surface area contributed by atoms with E-state index in [1.807, 2.05) is 22.4 Å². The minimum Gasteiger partial charge on any atom is -0.461 e. The van der Waals surface area contributed by atoms with Crippen LogP contribution in [0.5, 0.6) is 6.01 Å². The van der Waals surface area contributed by atoms with Crippen LogP contribution >= 0.6 is 22.7 Å². The molecule has 10 heteroatoms. The van der Waals surface area contributed by atoms with E-state index >= 15 is 0 Å². The highest BCUT2D eigenvalue weighted by Gasteiger charge is 2.25. The largest absolute Gasteiger partial charge is 0.461 e. The molecule has 1 fully saturated rings. The molecule has 0 aliphatic carbocycles. The van der Waals surface area contributed by atoms with E-state index in [1.165, 1.54) is 4.88 Å². The molecular weight excluding hydrogens is 436 g/mol. The van der Waals surface area contributed by atoms with Crippen molar-refractivity contribution in [1.29, 1.82) is 0 Å². The lowest BCUT2D eigenvalue weighted by molar-refractivity contribution is -0.130. The van der Waals surface area contributed by atoms with Crippen molar-refractivity contribution in [3.63, 3.8) is 0 Å². The number of fused-ring (bicyclic) bond motifs is 1. The standard InChI is InChI=1S/C21H26N4O4S2/c1-2-15-10-17-19(22-21(23-20(17)31-15)29-13-14(27)12-26)25-7-5-24(6-8-25)18(28)11-16-4-3-9-30-16/h3-4,9-10,14,26-27H,2,5-8,11-13H2,1H3/t14-/m1/s1. The number of aliphatic hydroxyl groups excluding tert-OH is 2. The third kappa shape index (κ3) is 5.15. The van der Waals surface area contributed by atoms with Gasteiger partial charge in [0, 0.05) is 35.9 Å². The number of hydrogen-bond acceptors (Lipinski definition) is 9. The van der Waals surface area contributed by atoms with Gasteiger partial charge in [-0.05, 0) is 23.9 Å². The fourth-order valence-corrected chi connectivity index (χ4v) is 5.13. The SMILES string of the molecule is CCc1cc2c(N3CCN(C(=O)Cc4cccs4)CC3)nc(OC[C@H](O)CO)nc2s1. The van der Waals surface area contributed by atoms with Crippen LogP contribution in [0.25, 0.3) is 10.2 Å². The van der Waals surface area contributed by atoms with Gasteiger partial charge in [0.25, 0.3) is 0 Å². The maximum Gasteiger partial charge on any atom is 0.319 e. The van der Waals surface area contributed by atoms with Gasteiger partial charge in [-0.25, -0.2) is 0 Å². The number of nitrogens with zero attached hydrogens (tertiary/aromatic N) is 4. The fourth-order valence-electron chi connectivity index (χ4n) is 3.48. The van der Waals surface area contributed by atoms with Gasteiger partial charge in [0.2, 0.25) is 5.91 Å². The van der Waals surface area contributed by atoms with Crippen molar-refractivity contribution in [3.05, 3.63) is 33.3 Å². The number of aliphatic hydroxyl groups is 2. The summed E-state index contributed by atoms with van der Waals surface area (Å²) in [5.74, 6) is 0.945. The molecule has 1 saturated heterocycles. The van der Waals surface area contributed by atoms with Gasteiger partial charge in [0.15, 0.2) is 0 Å². The number of anilines is 1. The van der Waals surface area contributed by atoms with E-state index in [1.54, 1.807) is 22.7 Å². The molecule has 0 spiro atoms. The van der Waals surface area contributed by atoms with E-state index in [-0.39, 0.29) is 25.1 Å². The number of carbonyl (C=O) groups is 1. The summed E-state index contributed by atoms with van der Waals surface area (Å²) in [6.07, 6.45) is 0.380. The number of amides is 1. The van der Waals surface area contributed by atoms with Gasteiger partial charge in [-0.3, -0.25) is 4.79 Å². The zero-order chi connectivity index (χ0) is 21.8. The number of aryl methyl sites for hydroxylation is 1. The second-order valence-corrected chi connectivity index (χ2v) is 9.53. The van der Waals surface area contributed by atoms with Gasteiger partial charge < -0.3 is 24.7 Å². The van der Waals surface area contributed by atoms with Gasteiger partial charge in [-0.15, -0.1) is 22.7 Å². The van der Waals surface area contributed by atoms with Crippen molar-refractivity contribution in [1.82, 2.24) is 14.9 Å². The summed E-state index contributed by atoms with van der Waals surface area (Å²) in [6, 6.07) is 6.27. The third-order valence-electron chi connectivity index (χ3n) is 5.20. The van der Waals surface area contributed by atoms with Crippen LogP contribution in [0.3, 0.4) is 0 Å². The Morgan fingerprint density at radius 1 is 1.26 bits per heavy atom. The van der Waals surface area contributed by atoms with Crippen LogP contribution in [0.15, 0.2) is 23.6 Å². The van der Waals surface area contributed by atoms with Gasteiger partial charge >= 0.3 is 6.01 Å². The Morgan fingerprint density at radius 2 is 2.06 bits per heavy atom. The Bertz CT molecular complexity index is 1020. The highest BCUT2D eigenvalue weighted by molar-refractivity contribution is 7.18. The second-order valence-electron chi connectivity index (χ2n) is 7.39. The van der Waals surface area contributed by atoms with E-state index in [0.29, 0.717) is 32.6 Å². The Morgan fingerprint density at radius 3 is 2.74 bits per heavy atom. The lowest BCUT2D eigenvalue weighted by Gasteiger charge is -2.35. The van der Waals surface area contributed by atoms with Crippen molar-refractivity contribution in [2.75, 3.05) is 44.3 Å². The molecule has 8 nitrogen and oxygen atoms in total. The molecule has 0 aromatic carbocycles. The predicted molar refractivity (Wildman–Crippen MR) is 122 cm³/mol. The summed E-state index contributed by atoms with van der Waals surface area (Å²) in [5, 5.41) is 21.6. The molecule has 0 saturated carbocycles. The van der Waals surface area contributed by atoms with E-state index < -0.39 is 6.10 Å². The molecule has 0 bridgehead atoms. The highest BCUT2D eigenvalue weighted by Crippen LogP contribution is 2.33. The van der Waals surface area contributed by atoms with Crippen LogP contribution in [0, 0.1) is 0 Å². The normalized spacial score (nSPS) is 15.5. The van der Waals surface area contributed by atoms with Crippen molar-refractivity contribution >= 4 is 44.6 Å².